The molecule has 4 aromatic carbocycles. The lowest BCUT2D eigenvalue weighted by molar-refractivity contribution is 0.104. The van der Waals surface area contributed by atoms with Crippen molar-refractivity contribution in [2.45, 2.75) is 0 Å². The van der Waals surface area contributed by atoms with Gasteiger partial charge in [-0.15, -0.1) is 0 Å². The van der Waals surface area contributed by atoms with E-state index in [0.717, 1.165) is 33.5 Å². The minimum absolute atomic E-state index is 0.0815. The van der Waals surface area contributed by atoms with Gasteiger partial charge in [0.15, 0.2) is 11.6 Å². The Morgan fingerprint density at radius 1 is 0.829 bits per heavy atom. The first kappa shape index (κ1) is 22.0. The van der Waals surface area contributed by atoms with Gasteiger partial charge in [-0.25, -0.2) is 9.97 Å². The van der Waals surface area contributed by atoms with Gasteiger partial charge < -0.3 is 10.1 Å². The predicted octanol–water partition coefficient (Wildman–Crippen LogP) is 6.95. The van der Waals surface area contributed by atoms with Crippen molar-refractivity contribution < 1.29 is 9.53 Å². The lowest BCUT2D eigenvalue weighted by atomic mass is 10.1. The summed E-state index contributed by atoms with van der Waals surface area (Å²) in [5.41, 5.74) is 4.07. The molecule has 0 saturated carbocycles. The minimum atomic E-state index is -0.0815. The molecule has 0 unspecified atom stereocenters. The van der Waals surface area contributed by atoms with Crippen LogP contribution in [0.5, 0.6) is 5.75 Å². The van der Waals surface area contributed by atoms with Crippen LogP contribution in [0.25, 0.3) is 28.4 Å². The van der Waals surface area contributed by atoms with Crippen LogP contribution < -0.4 is 10.1 Å². The van der Waals surface area contributed by atoms with E-state index in [1.807, 2.05) is 97.1 Å². The van der Waals surface area contributed by atoms with Crippen molar-refractivity contribution in [3.8, 4) is 17.1 Å². The molecule has 0 aliphatic carbocycles. The Morgan fingerprint density at radius 3 is 2.40 bits per heavy atom. The number of aromatic nitrogens is 2. The number of hydrogen-bond donors (Lipinski definition) is 1. The molecule has 0 aliphatic heterocycles. The first-order valence-corrected chi connectivity index (χ1v) is 11.3. The maximum atomic E-state index is 12.8. The van der Waals surface area contributed by atoms with Gasteiger partial charge in [0.1, 0.15) is 11.6 Å². The molecule has 1 N–H and O–H groups in total. The molecule has 0 saturated heterocycles. The molecule has 5 heteroatoms. The zero-order valence-corrected chi connectivity index (χ0v) is 19.2. The van der Waals surface area contributed by atoms with Crippen LogP contribution >= 0.6 is 0 Å². The molecule has 0 bridgehead atoms. The molecule has 170 valence electrons. The van der Waals surface area contributed by atoms with Gasteiger partial charge in [-0.3, -0.25) is 4.79 Å². The average Bonchev–Trinajstić information content (AvgIpc) is 2.92. The number of carbonyl (C=O) groups excluding carboxylic acids is 1. The summed E-state index contributed by atoms with van der Waals surface area (Å²) in [7, 11) is 1.63. The maximum Gasteiger partial charge on any atom is 0.185 e. The number of fused-ring (bicyclic) bond motifs is 1. The second kappa shape index (κ2) is 10.0. The number of ether oxygens (including phenoxy) is 1. The van der Waals surface area contributed by atoms with Crippen LogP contribution in [0, 0.1) is 0 Å². The summed E-state index contributed by atoms with van der Waals surface area (Å²) in [5.74, 6) is 2.02. The molecule has 0 aliphatic rings. The van der Waals surface area contributed by atoms with Gasteiger partial charge in [0.2, 0.25) is 0 Å². The van der Waals surface area contributed by atoms with E-state index < -0.39 is 0 Å². The van der Waals surface area contributed by atoms with Crippen LogP contribution in [0.1, 0.15) is 15.9 Å². The summed E-state index contributed by atoms with van der Waals surface area (Å²) in [6.45, 7) is 0. The van der Waals surface area contributed by atoms with Crippen LogP contribution in [0.15, 0.2) is 109 Å². The quantitative estimate of drug-likeness (QED) is 0.212. The Balaban J connectivity index is 1.42. The first-order valence-electron chi connectivity index (χ1n) is 11.3. The molecular formula is C30H23N3O2. The molecular weight excluding hydrogens is 434 g/mol. The molecule has 5 aromatic rings. The Bertz CT molecular complexity index is 1510. The smallest absolute Gasteiger partial charge is 0.185 e. The Hall–Kier alpha value is -4.77. The number of anilines is 2. The SMILES string of the molecule is COc1ccc(/C=C/C(=O)c2cccc(Nc3nc(-c4ccccc4)nc4ccccc34)c2)cc1. The second-order valence-corrected chi connectivity index (χ2v) is 7.96. The summed E-state index contributed by atoms with van der Waals surface area (Å²) in [6.07, 6.45) is 3.38. The normalized spacial score (nSPS) is 11.0. The van der Waals surface area contributed by atoms with E-state index in [1.54, 1.807) is 25.3 Å². The predicted molar refractivity (Wildman–Crippen MR) is 141 cm³/mol. The van der Waals surface area contributed by atoms with Gasteiger partial charge in [-0.2, -0.15) is 0 Å². The molecule has 35 heavy (non-hydrogen) atoms. The van der Waals surface area contributed by atoms with Gasteiger partial charge in [0, 0.05) is 22.2 Å². The summed E-state index contributed by atoms with van der Waals surface area (Å²) in [6, 6.07) is 32.7. The lowest BCUT2D eigenvalue weighted by Crippen LogP contribution is -2.01. The third-order valence-electron chi connectivity index (χ3n) is 5.59. The van der Waals surface area contributed by atoms with Gasteiger partial charge >= 0.3 is 0 Å². The summed E-state index contributed by atoms with van der Waals surface area (Å²) in [4.78, 5) is 22.4. The molecule has 0 atom stereocenters. The van der Waals surface area contributed by atoms with Crippen LogP contribution in [0.2, 0.25) is 0 Å². The lowest BCUT2D eigenvalue weighted by Gasteiger charge is -2.12. The van der Waals surface area contributed by atoms with Crippen LogP contribution in [0.4, 0.5) is 11.5 Å². The Labute approximate surface area is 203 Å². The first-order chi connectivity index (χ1) is 17.2. The fourth-order valence-corrected chi connectivity index (χ4v) is 3.76. The number of rotatable bonds is 7. The standard InChI is InChI=1S/C30H23N3O2/c1-35-25-17-14-21(15-18-25)16-19-28(34)23-10-7-11-24(20-23)31-30-26-12-5-6-13-27(26)32-29(33-30)22-8-3-2-4-9-22/h2-20H,1H3,(H,31,32,33)/b19-16+. The number of carbonyl (C=O) groups is 1. The molecule has 1 aromatic heterocycles. The highest BCUT2D eigenvalue weighted by molar-refractivity contribution is 6.07. The summed E-state index contributed by atoms with van der Waals surface area (Å²) in [5, 5.41) is 4.30. The van der Waals surface area contributed by atoms with E-state index in [4.69, 9.17) is 14.7 Å². The van der Waals surface area contributed by atoms with Gasteiger partial charge in [0.05, 0.1) is 12.6 Å². The number of nitrogens with zero attached hydrogens (tertiary/aromatic N) is 2. The fourth-order valence-electron chi connectivity index (χ4n) is 3.76. The number of para-hydroxylation sites is 1. The van der Waals surface area contributed by atoms with Crippen molar-refractivity contribution in [1.82, 2.24) is 9.97 Å². The van der Waals surface area contributed by atoms with Crippen molar-refractivity contribution in [1.29, 1.82) is 0 Å². The van der Waals surface area contributed by atoms with Crippen LogP contribution in [-0.2, 0) is 0 Å². The van der Waals surface area contributed by atoms with Gasteiger partial charge in [0.25, 0.3) is 0 Å². The number of hydrogen-bond acceptors (Lipinski definition) is 5. The number of ketones is 1. The molecule has 0 radical (unpaired) electrons. The van der Waals surface area contributed by atoms with Gasteiger partial charge in [-0.05, 0) is 48.0 Å². The maximum absolute atomic E-state index is 12.8. The summed E-state index contributed by atoms with van der Waals surface area (Å²) < 4.78 is 5.18. The van der Waals surface area contributed by atoms with E-state index in [2.05, 4.69) is 5.32 Å². The minimum Gasteiger partial charge on any atom is -0.497 e. The fraction of sp³-hybridized carbons (Fsp3) is 0.0333. The highest BCUT2D eigenvalue weighted by atomic mass is 16.5. The third kappa shape index (κ3) is 5.09. The highest BCUT2D eigenvalue weighted by Gasteiger charge is 2.10. The van der Waals surface area contributed by atoms with Crippen LogP contribution in [-0.4, -0.2) is 22.9 Å². The van der Waals surface area contributed by atoms with Crippen molar-refractivity contribution in [3.63, 3.8) is 0 Å². The van der Waals surface area contributed by atoms with E-state index >= 15 is 0 Å². The molecule has 0 fully saturated rings. The Morgan fingerprint density at radius 2 is 1.60 bits per heavy atom. The molecule has 1 heterocycles. The monoisotopic (exact) mass is 457 g/mol. The van der Waals surface area contributed by atoms with Crippen molar-refractivity contribution in [2.75, 3.05) is 12.4 Å². The van der Waals surface area contributed by atoms with Crippen LogP contribution in [0.3, 0.4) is 0 Å². The molecule has 5 nitrogen and oxygen atoms in total. The topological polar surface area (TPSA) is 64.1 Å². The van der Waals surface area contributed by atoms with E-state index in [9.17, 15) is 4.79 Å². The average molecular weight is 458 g/mol. The van der Waals surface area contributed by atoms with E-state index in [0.29, 0.717) is 17.2 Å². The number of allylic oxidation sites excluding steroid dienone is 1. The largest absolute Gasteiger partial charge is 0.497 e. The second-order valence-electron chi connectivity index (χ2n) is 7.96. The van der Waals surface area contributed by atoms with Gasteiger partial charge in [-0.1, -0.05) is 72.8 Å². The third-order valence-corrected chi connectivity index (χ3v) is 5.59. The number of benzene rings is 4. The molecule has 0 spiro atoms. The zero-order valence-electron chi connectivity index (χ0n) is 19.2. The Kier molecular flexibility index (Phi) is 6.31. The van der Waals surface area contributed by atoms with E-state index in [1.165, 1.54) is 0 Å². The summed E-state index contributed by atoms with van der Waals surface area (Å²) >= 11 is 0. The number of nitrogens with one attached hydrogen (secondary N) is 1. The van der Waals surface area contributed by atoms with Crippen molar-refractivity contribution in [2.24, 2.45) is 0 Å². The highest BCUT2D eigenvalue weighted by Crippen LogP contribution is 2.27. The molecule has 5 rings (SSSR count). The van der Waals surface area contributed by atoms with Crippen molar-refractivity contribution >= 4 is 34.3 Å². The van der Waals surface area contributed by atoms with Crippen molar-refractivity contribution in [3.05, 3.63) is 120 Å². The zero-order chi connectivity index (χ0) is 24.0. The number of methoxy groups -OCH3 is 1. The molecule has 0 amide bonds. The van der Waals surface area contributed by atoms with E-state index in [-0.39, 0.29) is 5.78 Å².